The molecular weight excluding hydrogens is 396 g/mol. The SMILES string of the molecule is COc1ccc2c(c1)CC1C(N2)SC(C(=O)N2CCN(c3ccccc3)CC2)C1N. The van der Waals surface area contributed by atoms with Gasteiger partial charge in [-0.1, -0.05) is 18.2 Å². The summed E-state index contributed by atoms with van der Waals surface area (Å²) < 4.78 is 5.37. The van der Waals surface area contributed by atoms with Crippen LogP contribution < -0.4 is 20.7 Å². The van der Waals surface area contributed by atoms with Crippen molar-refractivity contribution in [2.75, 3.05) is 43.5 Å². The van der Waals surface area contributed by atoms with Crippen LogP contribution >= 0.6 is 11.8 Å². The fourth-order valence-electron chi connectivity index (χ4n) is 4.80. The molecule has 3 aliphatic heterocycles. The van der Waals surface area contributed by atoms with Crippen LogP contribution in [0.15, 0.2) is 48.5 Å². The average Bonchev–Trinajstić information content (AvgIpc) is 3.12. The van der Waals surface area contributed by atoms with Gasteiger partial charge in [-0.05, 0) is 42.3 Å². The zero-order valence-electron chi connectivity index (χ0n) is 17.2. The molecule has 158 valence electrons. The fourth-order valence-corrected chi connectivity index (χ4v) is 6.44. The Morgan fingerprint density at radius 1 is 1.13 bits per heavy atom. The van der Waals surface area contributed by atoms with Crippen LogP contribution in [-0.4, -0.2) is 60.8 Å². The highest BCUT2D eigenvalue weighted by Crippen LogP contribution is 2.45. The monoisotopic (exact) mass is 424 g/mol. The van der Waals surface area contributed by atoms with Crippen molar-refractivity contribution in [3.05, 3.63) is 54.1 Å². The number of nitrogens with two attached hydrogens (primary N) is 1. The van der Waals surface area contributed by atoms with E-state index in [0.717, 1.165) is 44.0 Å². The lowest BCUT2D eigenvalue weighted by molar-refractivity contribution is -0.131. The number of piperazine rings is 1. The quantitative estimate of drug-likeness (QED) is 0.789. The molecule has 3 N–H and O–H groups in total. The predicted octanol–water partition coefficient (Wildman–Crippen LogP) is 2.40. The summed E-state index contributed by atoms with van der Waals surface area (Å²) in [6.45, 7) is 3.22. The summed E-state index contributed by atoms with van der Waals surface area (Å²) in [5.74, 6) is 1.30. The van der Waals surface area contributed by atoms with Gasteiger partial charge < -0.3 is 25.6 Å². The fraction of sp³-hybridized carbons (Fsp3) is 0.435. The number of carbonyl (C=O) groups is 1. The molecule has 2 aromatic carbocycles. The molecule has 30 heavy (non-hydrogen) atoms. The van der Waals surface area contributed by atoms with Crippen LogP contribution in [-0.2, 0) is 11.2 Å². The highest BCUT2D eigenvalue weighted by Gasteiger charge is 2.48. The van der Waals surface area contributed by atoms with Crippen LogP contribution in [0, 0.1) is 5.92 Å². The lowest BCUT2D eigenvalue weighted by atomic mass is 9.87. The Morgan fingerprint density at radius 3 is 2.63 bits per heavy atom. The second kappa shape index (κ2) is 8.04. The van der Waals surface area contributed by atoms with E-state index in [0.29, 0.717) is 0 Å². The third-order valence-corrected chi connectivity index (χ3v) is 8.12. The molecule has 4 atom stereocenters. The predicted molar refractivity (Wildman–Crippen MR) is 122 cm³/mol. The third-order valence-electron chi connectivity index (χ3n) is 6.55. The van der Waals surface area contributed by atoms with E-state index >= 15 is 0 Å². The molecule has 0 aromatic heterocycles. The Kier molecular flexibility index (Phi) is 5.25. The van der Waals surface area contributed by atoms with Crippen LogP contribution in [0.2, 0.25) is 0 Å². The molecule has 0 bridgehead atoms. The van der Waals surface area contributed by atoms with E-state index in [4.69, 9.17) is 10.5 Å². The van der Waals surface area contributed by atoms with Gasteiger partial charge in [0.1, 0.15) is 11.0 Å². The van der Waals surface area contributed by atoms with Crippen LogP contribution in [0.1, 0.15) is 5.56 Å². The van der Waals surface area contributed by atoms with Gasteiger partial charge in [-0.15, -0.1) is 11.8 Å². The highest BCUT2D eigenvalue weighted by molar-refractivity contribution is 8.01. The molecule has 5 rings (SSSR count). The molecule has 0 radical (unpaired) electrons. The van der Waals surface area contributed by atoms with Gasteiger partial charge in [-0.3, -0.25) is 4.79 Å². The molecule has 2 fully saturated rings. The molecular formula is C23H28N4O2S. The van der Waals surface area contributed by atoms with E-state index in [1.165, 1.54) is 11.3 Å². The maximum Gasteiger partial charge on any atom is 0.237 e. The number of carbonyl (C=O) groups excluding carboxylic acids is 1. The van der Waals surface area contributed by atoms with Gasteiger partial charge in [0.25, 0.3) is 0 Å². The molecule has 4 unspecified atom stereocenters. The number of nitrogens with one attached hydrogen (secondary N) is 1. The van der Waals surface area contributed by atoms with Gasteiger partial charge in [0.15, 0.2) is 0 Å². The zero-order chi connectivity index (χ0) is 20.7. The Labute approximate surface area is 181 Å². The van der Waals surface area contributed by atoms with Crippen molar-refractivity contribution in [1.29, 1.82) is 0 Å². The van der Waals surface area contributed by atoms with Crippen LogP contribution in [0.5, 0.6) is 5.75 Å². The lowest BCUT2D eigenvalue weighted by Gasteiger charge is -2.37. The van der Waals surface area contributed by atoms with E-state index in [1.807, 2.05) is 17.0 Å². The molecule has 0 spiro atoms. The van der Waals surface area contributed by atoms with E-state index in [-0.39, 0.29) is 28.5 Å². The Morgan fingerprint density at radius 2 is 1.90 bits per heavy atom. The van der Waals surface area contributed by atoms with Gasteiger partial charge in [0, 0.05) is 49.5 Å². The smallest absolute Gasteiger partial charge is 0.237 e. The number of hydrogen-bond donors (Lipinski definition) is 2. The number of ether oxygens (including phenoxy) is 1. The van der Waals surface area contributed by atoms with E-state index in [9.17, 15) is 4.79 Å². The first-order valence-electron chi connectivity index (χ1n) is 10.6. The Hall–Kier alpha value is -2.38. The van der Waals surface area contributed by atoms with Crippen molar-refractivity contribution in [3.63, 3.8) is 0 Å². The van der Waals surface area contributed by atoms with E-state index in [1.54, 1.807) is 18.9 Å². The van der Waals surface area contributed by atoms with Crippen molar-refractivity contribution >= 4 is 29.0 Å². The second-order valence-corrected chi connectivity index (χ2v) is 9.53. The third kappa shape index (κ3) is 3.50. The normalized spacial score (nSPS) is 27.8. The number of nitrogens with zero attached hydrogens (tertiary/aromatic N) is 2. The minimum Gasteiger partial charge on any atom is -0.497 e. The van der Waals surface area contributed by atoms with Crippen molar-refractivity contribution < 1.29 is 9.53 Å². The number of benzene rings is 2. The number of para-hydroxylation sites is 1. The summed E-state index contributed by atoms with van der Waals surface area (Å²) in [5, 5.41) is 3.60. The van der Waals surface area contributed by atoms with Crippen LogP contribution in [0.3, 0.4) is 0 Å². The molecule has 1 amide bonds. The summed E-state index contributed by atoms with van der Waals surface area (Å²) in [7, 11) is 1.68. The molecule has 7 heteroatoms. The molecule has 2 aromatic rings. The number of methoxy groups -OCH3 is 1. The average molecular weight is 425 g/mol. The molecule has 3 heterocycles. The van der Waals surface area contributed by atoms with Crippen molar-refractivity contribution in [3.8, 4) is 5.75 Å². The topological polar surface area (TPSA) is 70.8 Å². The Bertz CT molecular complexity index is 917. The maximum atomic E-state index is 13.3. The first kappa shape index (κ1) is 19.6. The molecule has 0 saturated carbocycles. The van der Waals surface area contributed by atoms with E-state index < -0.39 is 0 Å². The summed E-state index contributed by atoms with van der Waals surface area (Å²) in [4.78, 5) is 17.7. The minimum atomic E-state index is -0.188. The summed E-state index contributed by atoms with van der Waals surface area (Å²) >= 11 is 1.70. The number of hydrogen-bond acceptors (Lipinski definition) is 6. The van der Waals surface area contributed by atoms with Gasteiger partial charge >= 0.3 is 0 Å². The molecule has 6 nitrogen and oxygen atoms in total. The number of anilines is 2. The number of rotatable bonds is 3. The van der Waals surface area contributed by atoms with Gasteiger partial charge in [-0.2, -0.15) is 0 Å². The first-order valence-corrected chi connectivity index (χ1v) is 11.5. The van der Waals surface area contributed by atoms with Crippen molar-refractivity contribution in [2.24, 2.45) is 11.7 Å². The number of thioether (sulfide) groups is 1. The number of amides is 1. The summed E-state index contributed by atoms with van der Waals surface area (Å²) in [6.07, 6.45) is 0.879. The standard InChI is InChI=1S/C23H28N4O2S/c1-29-17-7-8-19-15(13-17)14-18-20(24)21(30-22(18)25-19)23(28)27-11-9-26(10-12-27)16-5-3-2-4-6-16/h2-8,13,18,20-22,25H,9-12,14,24H2,1H3. The largest absolute Gasteiger partial charge is 0.497 e. The van der Waals surface area contributed by atoms with Gasteiger partial charge in [0.2, 0.25) is 5.91 Å². The highest BCUT2D eigenvalue weighted by atomic mass is 32.2. The van der Waals surface area contributed by atoms with Crippen LogP contribution in [0.4, 0.5) is 11.4 Å². The lowest BCUT2D eigenvalue weighted by Crippen LogP contribution is -2.54. The first-order chi connectivity index (χ1) is 14.6. The molecule has 0 aliphatic carbocycles. The molecule has 3 aliphatic rings. The molecule has 2 saturated heterocycles. The maximum absolute atomic E-state index is 13.3. The van der Waals surface area contributed by atoms with Crippen LogP contribution in [0.25, 0.3) is 0 Å². The van der Waals surface area contributed by atoms with Crippen molar-refractivity contribution in [2.45, 2.75) is 23.1 Å². The summed E-state index contributed by atoms with van der Waals surface area (Å²) in [5.41, 5.74) is 10.2. The second-order valence-electron chi connectivity index (χ2n) is 8.24. The Balaban J connectivity index is 1.24. The summed E-state index contributed by atoms with van der Waals surface area (Å²) in [6, 6.07) is 16.4. The number of fused-ring (bicyclic) bond motifs is 2. The minimum absolute atomic E-state index is 0.147. The van der Waals surface area contributed by atoms with Gasteiger partial charge in [0.05, 0.1) is 12.5 Å². The van der Waals surface area contributed by atoms with Gasteiger partial charge in [-0.25, -0.2) is 0 Å². The van der Waals surface area contributed by atoms with Crippen molar-refractivity contribution in [1.82, 2.24) is 4.90 Å². The zero-order valence-corrected chi connectivity index (χ0v) is 18.0. The van der Waals surface area contributed by atoms with E-state index in [2.05, 4.69) is 46.6 Å².